The molecule has 0 aliphatic heterocycles. The third kappa shape index (κ3) is 4.32. The van der Waals surface area contributed by atoms with Crippen LogP contribution in [0.5, 0.6) is 0 Å². The number of hydrogen-bond donors (Lipinski definition) is 0. The van der Waals surface area contributed by atoms with Gasteiger partial charge in [0.05, 0.1) is 12.4 Å². The van der Waals surface area contributed by atoms with E-state index >= 15 is 0 Å². The first-order valence-electron chi connectivity index (χ1n) is 7.21. The van der Waals surface area contributed by atoms with Crippen LogP contribution >= 0.6 is 0 Å². The van der Waals surface area contributed by atoms with Crippen molar-refractivity contribution in [1.29, 1.82) is 0 Å². The normalized spacial score (nSPS) is 11.6. The number of benzene rings is 2. The molecule has 2 aromatic rings. The van der Waals surface area contributed by atoms with E-state index < -0.39 is 11.6 Å². The highest BCUT2D eigenvalue weighted by molar-refractivity contribution is 5.82. The second-order valence-electron chi connectivity index (χ2n) is 5.11. The molecule has 0 heterocycles. The molecular formula is C18H18F2N2. The van der Waals surface area contributed by atoms with Crippen LogP contribution in [0.2, 0.25) is 0 Å². The molecule has 4 heteroatoms. The molecule has 0 fully saturated rings. The van der Waals surface area contributed by atoms with E-state index in [1.807, 2.05) is 38.1 Å². The largest absolute Gasteiger partial charge is 0.207 e. The van der Waals surface area contributed by atoms with Gasteiger partial charge in [-0.2, -0.15) is 10.2 Å². The Kier molecular flexibility index (Phi) is 5.53. The molecule has 0 amide bonds. The number of halogens is 2. The third-order valence-electron chi connectivity index (χ3n) is 3.22. The molecule has 22 heavy (non-hydrogen) atoms. The van der Waals surface area contributed by atoms with Crippen LogP contribution in [0.3, 0.4) is 0 Å². The summed E-state index contributed by atoms with van der Waals surface area (Å²) in [5.41, 5.74) is 2.57. The van der Waals surface area contributed by atoms with Crippen LogP contribution in [0.25, 0.3) is 0 Å². The monoisotopic (exact) mass is 300 g/mol. The van der Waals surface area contributed by atoms with Crippen LogP contribution in [-0.2, 0) is 6.42 Å². The van der Waals surface area contributed by atoms with Gasteiger partial charge in [0, 0.05) is 11.1 Å². The maximum absolute atomic E-state index is 13.8. The first-order chi connectivity index (χ1) is 10.6. The van der Waals surface area contributed by atoms with Crippen molar-refractivity contribution in [3.05, 3.63) is 70.3 Å². The predicted molar refractivity (Wildman–Crippen MR) is 86.7 cm³/mol. The summed E-state index contributed by atoms with van der Waals surface area (Å²) in [7, 11) is 0. The maximum Gasteiger partial charge on any atom is 0.129 e. The zero-order valence-corrected chi connectivity index (χ0v) is 12.7. The second kappa shape index (κ2) is 7.59. The average Bonchev–Trinajstić information content (AvgIpc) is 2.49. The van der Waals surface area contributed by atoms with Crippen LogP contribution in [0, 0.1) is 18.6 Å². The van der Waals surface area contributed by atoms with E-state index in [0.29, 0.717) is 18.4 Å². The van der Waals surface area contributed by atoms with Crippen molar-refractivity contribution < 1.29 is 8.78 Å². The minimum atomic E-state index is -0.536. The Morgan fingerprint density at radius 1 is 0.909 bits per heavy atom. The fourth-order valence-electron chi connectivity index (χ4n) is 2.04. The Hall–Kier alpha value is -2.36. The first-order valence-corrected chi connectivity index (χ1v) is 7.21. The van der Waals surface area contributed by atoms with Crippen LogP contribution in [-0.4, -0.2) is 12.4 Å². The van der Waals surface area contributed by atoms with Gasteiger partial charge in [-0.25, -0.2) is 8.78 Å². The van der Waals surface area contributed by atoms with E-state index in [-0.39, 0.29) is 5.56 Å². The SMILES string of the molecule is CCCc1c(F)cc(/C=N/N=C/c2ccc(C)cc2)cc1F. The summed E-state index contributed by atoms with van der Waals surface area (Å²) in [6.07, 6.45) is 4.02. The minimum absolute atomic E-state index is 0.128. The molecule has 114 valence electrons. The van der Waals surface area contributed by atoms with Gasteiger partial charge in [0.15, 0.2) is 0 Å². The average molecular weight is 300 g/mol. The van der Waals surface area contributed by atoms with Crippen molar-refractivity contribution >= 4 is 12.4 Å². The van der Waals surface area contributed by atoms with E-state index in [0.717, 1.165) is 5.56 Å². The Morgan fingerprint density at radius 3 is 2.00 bits per heavy atom. The topological polar surface area (TPSA) is 24.7 Å². The van der Waals surface area contributed by atoms with E-state index in [1.165, 1.54) is 23.9 Å². The molecule has 0 saturated heterocycles. The van der Waals surface area contributed by atoms with E-state index in [1.54, 1.807) is 6.21 Å². The fraction of sp³-hybridized carbons (Fsp3) is 0.222. The van der Waals surface area contributed by atoms with Crippen molar-refractivity contribution in [2.24, 2.45) is 10.2 Å². The molecule has 0 atom stereocenters. The molecule has 2 nitrogen and oxygen atoms in total. The predicted octanol–water partition coefficient (Wildman–Crippen LogP) is 4.68. The lowest BCUT2D eigenvalue weighted by Gasteiger charge is -2.04. The summed E-state index contributed by atoms with van der Waals surface area (Å²) in [6, 6.07) is 10.4. The lowest BCUT2D eigenvalue weighted by molar-refractivity contribution is 0.552. The van der Waals surface area contributed by atoms with Crippen molar-refractivity contribution in [2.75, 3.05) is 0 Å². The van der Waals surface area contributed by atoms with E-state index in [2.05, 4.69) is 10.2 Å². The van der Waals surface area contributed by atoms with Crippen molar-refractivity contribution in [3.8, 4) is 0 Å². The van der Waals surface area contributed by atoms with Gasteiger partial charge in [0.1, 0.15) is 11.6 Å². The highest BCUT2D eigenvalue weighted by atomic mass is 19.1. The molecular weight excluding hydrogens is 282 g/mol. The molecule has 0 aliphatic carbocycles. The zero-order valence-electron chi connectivity index (χ0n) is 12.7. The summed E-state index contributed by atoms with van der Waals surface area (Å²) < 4.78 is 27.5. The Labute approximate surface area is 129 Å². The Balaban J connectivity index is 2.08. The summed E-state index contributed by atoms with van der Waals surface area (Å²) in [5, 5.41) is 7.71. The Bertz CT molecular complexity index is 666. The molecule has 2 rings (SSSR count). The maximum atomic E-state index is 13.8. The van der Waals surface area contributed by atoms with Gasteiger partial charge in [0.2, 0.25) is 0 Å². The van der Waals surface area contributed by atoms with Crippen LogP contribution in [0.4, 0.5) is 8.78 Å². The molecule has 0 unspecified atom stereocenters. The van der Waals surface area contributed by atoms with Gasteiger partial charge in [0.25, 0.3) is 0 Å². The summed E-state index contributed by atoms with van der Waals surface area (Å²) in [5.74, 6) is -1.07. The van der Waals surface area contributed by atoms with Gasteiger partial charge >= 0.3 is 0 Å². The molecule has 0 aromatic heterocycles. The van der Waals surface area contributed by atoms with Gasteiger partial charge in [-0.15, -0.1) is 0 Å². The smallest absolute Gasteiger partial charge is 0.129 e. The number of nitrogens with zero attached hydrogens (tertiary/aromatic N) is 2. The van der Waals surface area contributed by atoms with E-state index in [4.69, 9.17) is 0 Å². The lowest BCUT2D eigenvalue weighted by Crippen LogP contribution is -1.97. The molecule has 0 N–H and O–H groups in total. The molecule has 0 bridgehead atoms. The molecule has 0 radical (unpaired) electrons. The van der Waals surface area contributed by atoms with Gasteiger partial charge in [-0.3, -0.25) is 0 Å². The first kappa shape index (κ1) is 16.0. The molecule has 0 aliphatic rings. The lowest BCUT2D eigenvalue weighted by atomic mass is 10.1. The second-order valence-corrected chi connectivity index (χ2v) is 5.11. The van der Waals surface area contributed by atoms with Gasteiger partial charge in [-0.1, -0.05) is 43.2 Å². The summed E-state index contributed by atoms with van der Waals surface area (Å²) >= 11 is 0. The van der Waals surface area contributed by atoms with Crippen molar-refractivity contribution in [2.45, 2.75) is 26.7 Å². The standard InChI is InChI=1S/C18H18F2N2/c1-3-4-16-17(19)9-15(10-18(16)20)12-22-21-11-14-7-5-13(2)6-8-14/h5-12H,3-4H2,1-2H3/b21-11+,22-12+. The van der Waals surface area contributed by atoms with Gasteiger partial charge < -0.3 is 0 Å². The number of hydrogen-bond acceptors (Lipinski definition) is 2. The quantitative estimate of drug-likeness (QED) is 0.566. The fourth-order valence-corrected chi connectivity index (χ4v) is 2.04. The third-order valence-corrected chi connectivity index (χ3v) is 3.22. The zero-order chi connectivity index (χ0) is 15.9. The van der Waals surface area contributed by atoms with Crippen LogP contribution in [0.15, 0.2) is 46.6 Å². The number of rotatable bonds is 5. The number of aryl methyl sites for hydroxylation is 1. The van der Waals surface area contributed by atoms with E-state index in [9.17, 15) is 8.78 Å². The van der Waals surface area contributed by atoms with Crippen molar-refractivity contribution in [3.63, 3.8) is 0 Å². The van der Waals surface area contributed by atoms with Gasteiger partial charge in [-0.05, 0) is 31.0 Å². The van der Waals surface area contributed by atoms with Crippen LogP contribution < -0.4 is 0 Å². The highest BCUT2D eigenvalue weighted by Gasteiger charge is 2.09. The molecule has 0 spiro atoms. The molecule has 0 saturated carbocycles. The molecule has 2 aromatic carbocycles. The van der Waals surface area contributed by atoms with Crippen LogP contribution in [0.1, 0.15) is 35.6 Å². The summed E-state index contributed by atoms with van der Waals surface area (Å²) in [6.45, 7) is 3.89. The Morgan fingerprint density at radius 2 is 1.45 bits per heavy atom. The highest BCUT2D eigenvalue weighted by Crippen LogP contribution is 2.16. The van der Waals surface area contributed by atoms with Crippen molar-refractivity contribution in [1.82, 2.24) is 0 Å². The minimum Gasteiger partial charge on any atom is -0.207 e. The summed E-state index contributed by atoms with van der Waals surface area (Å²) in [4.78, 5) is 0.